The molecule has 17 heavy (non-hydrogen) atoms. The van der Waals surface area contributed by atoms with E-state index in [-0.39, 0.29) is 0 Å². The normalized spacial score (nSPS) is 28.1. The van der Waals surface area contributed by atoms with E-state index >= 15 is 0 Å². The van der Waals surface area contributed by atoms with E-state index in [1.54, 1.807) is 0 Å². The molecule has 4 nitrogen and oxygen atoms in total. The summed E-state index contributed by atoms with van der Waals surface area (Å²) < 4.78 is 0. The van der Waals surface area contributed by atoms with Gasteiger partial charge in [-0.25, -0.2) is 4.98 Å². The zero-order chi connectivity index (χ0) is 12.4. The Balaban J connectivity index is 2.10. The third-order valence-corrected chi connectivity index (χ3v) is 3.88. The third kappa shape index (κ3) is 2.68. The maximum Gasteiger partial charge on any atom is 0.224 e. The lowest BCUT2D eigenvalue weighted by Crippen LogP contribution is -2.24. The summed E-state index contributed by atoms with van der Waals surface area (Å²) in [5.41, 5.74) is 0.991. The van der Waals surface area contributed by atoms with Crippen molar-refractivity contribution in [2.45, 2.75) is 39.7 Å². The van der Waals surface area contributed by atoms with Crippen LogP contribution in [0.5, 0.6) is 0 Å². The van der Waals surface area contributed by atoms with Crippen molar-refractivity contribution in [3.05, 3.63) is 11.8 Å². The van der Waals surface area contributed by atoms with Crippen LogP contribution in [0.15, 0.2) is 6.07 Å². The highest BCUT2D eigenvalue weighted by atomic mass is 15.1. The minimum Gasteiger partial charge on any atom is -0.367 e. The van der Waals surface area contributed by atoms with Gasteiger partial charge >= 0.3 is 0 Å². The number of aryl methyl sites for hydroxylation is 1. The van der Waals surface area contributed by atoms with Crippen LogP contribution in [0.25, 0.3) is 0 Å². The van der Waals surface area contributed by atoms with E-state index in [2.05, 4.69) is 34.4 Å². The molecule has 3 unspecified atom stereocenters. The lowest BCUT2D eigenvalue weighted by Gasteiger charge is -2.20. The third-order valence-electron chi connectivity index (χ3n) is 3.88. The molecule has 4 heteroatoms. The lowest BCUT2D eigenvalue weighted by molar-refractivity contribution is 0.435. The molecule has 0 radical (unpaired) electrons. The van der Waals surface area contributed by atoms with Gasteiger partial charge < -0.3 is 10.6 Å². The average Bonchev–Trinajstić information content (AvgIpc) is 2.60. The Hall–Kier alpha value is -1.32. The van der Waals surface area contributed by atoms with Crippen molar-refractivity contribution in [1.82, 2.24) is 9.97 Å². The molecule has 2 N–H and O–H groups in total. The fourth-order valence-corrected chi connectivity index (χ4v) is 2.51. The second kappa shape index (κ2) is 4.90. The standard InChI is InChI=1S/C13H22N4/c1-8-5-6-11(10(8)3)16-12-7-9(2)15-13(14-4)17-12/h7-8,10-11H,5-6H2,1-4H3,(H2,14,15,16,17). The number of rotatable bonds is 3. The molecule has 94 valence electrons. The van der Waals surface area contributed by atoms with Gasteiger partial charge in [0, 0.05) is 24.8 Å². The Labute approximate surface area is 103 Å². The summed E-state index contributed by atoms with van der Waals surface area (Å²) in [6.07, 6.45) is 2.54. The molecule has 2 rings (SSSR count). The molecule has 1 aromatic rings. The summed E-state index contributed by atoms with van der Waals surface area (Å²) in [6.45, 7) is 6.65. The fourth-order valence-electron chi connectivity index (χ4n) is 2.51. The van der Waals surface area contributed by atoms with Gasteiger partial charge in [0.2, 0.25) is 5.95 Å². The van der Waals surface area contributed by atoms with E-state index in [9.17, 15) is 0 Å². The maximum absolute atomic E-state index is 4.44. The first kappa shape index (κ1) is 12.1. The molecule has 0 spiro atoms. The first-order chi connectivity index (χ1) is 8.10. The van der Waals surface area contributed by atoms with E-state index in [1.165, 1.54) is 12.8 Å². The van der Waals surface area contributed by atoms with Crippen molar-refractivity contribution in [2.24, 2.45) is 11.8 Å². The second-order valence-electron chi connectivity index (χ2n) is 5.13. The predicted octanol–water partition coefficient (Wildman–Crippen LogP) is 2.67. The van der Waals surface area contributed by atoms with E-state index in [1.807, 2.05) is 20.0 Å². The Morgan fingerprint density at radius 2 is 2.00 bits per heavy atom. The number of aromatic nitrogens is 2. The quantitative estimate of drug-likeness (QED) is 0.844. The SMILES string of the molecule is CNc1nc(C)cc(NC2CCC(C)C2C)n1. The van der Waals surface area contributed by atoms with Crippen molar-refractivity contribution in [2.75, 3.05) is 17.7 Å². The minimum absolute atomic E-state index is 0.545. The molecule has 0 aromatic carbocycles. The van der Waals surface area contributed by atoms with Crippen LogP contribution in [-0.4, -0.2) is 23.1 Å². The molecule has 0 bridgehead atoms. The Bertz CT molecular complexity index is 391. The summed E-state index contributed by atoms with van der Waals surface area (Å²) in [4.78, 5) is 8.74. The number of hydrogen-bond donors (Lipinski definition) is 2. The van der Waals surface area contributed by atoms with E-state index in [0.717, 1.165) is 17.4 Å². The van der Waals surface area contributed by atoms with Gasteiger partial charge in [-0.2, -0.15) is 4.98 Å². The van der Waals surface area contributed by atoms with Gasteiger partial charge in [-0.1, -0.05) is 13.8 Å². The van der Waals surface area contributed by atoms with Crippen LogP contribution in [-0.2, 0) is 0 Å². The predicted molar refractivity (Wildman–Crippen MR) is 71.3 cm³/mol. The zero-order valence-corrected chi connectivity index (χ0v) is 11.1. The van der Waals surface area contributed by atoms with Crippen molar-refractivity contribution < 1.29 is 0 Å². The zero-order valence-electron chi connectivity index (χ0n) is 11.1. The topological polar surface area (TPSA) is 49.8 Å². The van der Waals surface area contributed by atoms with Gasteiger partial charge in [-0.15, -0.1) is 0 Å². The van der Waals surface area contributed by atoms with Gasteiger partial charge in [0.1, 0.15) is 5.82 Å². The van der Waals surface area contributed by atoms with Crippen molar-refractivity contribution in [1.29, 1.82) is 0 Å². The van der Waals surface area contributed by atoms with Gasteiger partial charge in [0.15, 0.2) is 0 Å². The minimum atomic E-state index is 0.545. The molecular weight excluding hydrogens is 212 g/mol. The lowest BCUT2D eigenvalue weighted by atomic mass is 9.98. The smallest absolute Gasteiger partial charge is 0.224 e. The van der Waals surface area contributed by atoms with E-state index in [0.29, 0.717) is 17.9 Å². The maximum atomic E-state index is 4.44. The summed E-state index contributed by atoms with van der Waals surface area (Å²) >= 11 is 0. The number of anilines is 2. The molecule has 0 amide bonds. The molecule has 3 atom stereocenters. The van der Waals surface area contributed by atoms with Crippen LogP contribution in [0.2, 0.25) is 0 Å². The largest absolute Gasteiger partial charge is 0.367 e. The highest BCUT2D eigenvalue weighted by Gasteiger charge is 2.29. The van der Waals surface area contributed by atoms with Gasteiger partial charge in [0.05, 0.1) is 0 Å². The Kier molecular flexibility index (Phi) is 3.50. The highest BCUT2D eigenvalue weighted by molar-refractivity contribution is 5.42. The van der Waals surface area contributed by atoms with Crippen LogP contribution in [0.1, 0.15) is 32.4 Å². The Morgan fingerprint density at radius 1 is 1.24 bits per heavy atom. The van der Waals surface area contributed by atoms with Crippen LogP contribution < -0.4 is 10.6 Å². The fraction of sp³-hybridized carbons (Fsp3) is 0.692. The molecule has 1 heterocycles. The van der Waals surface area contributed by atoms with Gasteiger partial charge in [0.25, 0.3) is 0 Å². The first-order valence-electron chi connectivity index (χ1n) is 6.40. The number of hydrogen-bond acceptors (Lipinski definition) is 4. The molecule has 1 saturated carbocycles. The van der Waals surface area contributed by atoms with E-state index in [4.69, 9.17) is 0 Å². The summed E-state index contributed by atoms with van der Waals surface area (Å²) in [6, 6.07) is 2.56. The van der Waals surface area contributed by atoms with Crippen LogP contribution in [0.3, 0.4) is 0 Å². The van der Waals surface area contributed by atoms with Crippen LogP contribution in [0.4, 0.5) is 11.8 Å². The van der Waals surface area contributed by atoms with Crippen LogP contribution >= 0.6 is 0 Å². The van der Waals surface area contributed by atoms with E-state index < -0.39 is 0 Å². The van der Waals surface area contributed by atoms with Crippen molar-refractivity contribution >= 4 is 11.8 Å². The number of nitrogens with zero attached hydrogens (tertiary/aromatic N) is 2. The van der Waals surface area contributed by atoms with Crippen molar-refractivity contribution in [3.63, 3.8) is 0 Å². The monoisotopic (exact) mass is 234 g/mol. The second-order valence-corrected chi connectivity index (χ2v) is 5.13. The molecule has 0 aliphatic heterocycles. The number of nitrogens with one attached hydrogen (secondary N) is 2. The van der Waals surface area contributed by atoms with Gasteiger partial charge in [-0.05, 0) is 31.6 Å². The average molecular weight is 234 g/mol. The molecular formula is C13H22N4. The summed E-state index contributed by atoms with van der Waals surface area (Å²) in [7, 11) is 1.85. The molecule has 1 aliphatic rings. The Morgan fingerprint density at radius 3 is 2.59 bits per heavy atom. The van der Waals surface area contributed by atoms with Crippen molar-refractivity contribution in [3.8, 4) is 0 Å². The van der Waals surface area contributed by atoms with Gasteiger partial charge in [-0.3, -0.25) is 0 Å². The first-order valence-corrected chi connectivity index (χ1v) is 6.40. The van der Waals surface area contributed by atoms with Crippen LogP contribution in [0, 0.1) is 18.8 Å². The molecule has 1 aliphatic carbocycles. The molecule has 0 saturated heterocycles. The molecule has 1 fully saturated rings. The highest BCUT2D eigenvalue weighted by Crippen LogP contribution is 2.33. The summed E-state index contributed by atoms with van der Waals surface area (Å²) in [5.74, 6) is 3.14. The summed E-state index contributed by atoms with van der Waals surface area (Å²) in [5, 5.41) is 6.54. The molecule has 1 aromatic heterocycles.